The average molecular weight is 403 g/mol. The summed E-state index contributed by atoms with van der Waals surface area (Å²) in [6.07, 6.45) is 1.26. The van der Waals surface area contributed by atoms with Crippen LogP contribution in [0.2, 0.25) is 0 Å². The molecule has 1 aromatic rings. The second kappa shape index (κ2) is 10.6. The van der Waals surface area contributed by atoms with Gasteiger partial charge in [0.25, 0.3) is 0 Å². The van der Waals surface area contributed by atoms with E-state index in [4.69, 9.17) is 4.74 Å². The maximum Gasteiger partial charge on any atom is 0.225 e. The van der Waals surface area contributed by atoms with Crippen LogP contribution >= 0.6 is 0 Å². The molecule has 0 radical (unpaired) electrons. The topological polar surface area (TPSA) is 65.1 Å². The summed E-state index contributed by atoms with van der Waals surface area (Å²) >= 11 is 0. The number of ether oxygens (including phenoxy) is 1. The number of nitrogens with zero attached hydrogens (tertiary/aromatic N) is 3. The van der Waals surface area contributed by atoms with Gasteiger partial charge in [-0.3, -0.25) is 9.59 Å². The summed E-state index contributed by atoms with van der Waals surface area (Å²) in [5, 5.41) is 3.03. The summed E-state index contributed by atoms with van der Waals surface area (Å²) in [5.41, 5.74) is 1.04. The first-order chi connectivity index (χ1) is 14.1. The van der Waals surface area contributed by atoms with Crippen LogP contribution in [0.1, 0.15) is 25.3 Å². The van der Waals surface area contributed by atoms with Crippen LogP contribution < -0.4 is 10.1 Å². The number of carbonyl (C=O) groups is 2. The minimum atomic E-state index is -0.242. The van der Waals surface area contributed by atoms with Gasteiger partial charge in [-0.25, -0.2) is 0 Å². The molecule has 1 N–H and O–H groups in total. The highest BCUT2D eigenvalue weighted by Crippen LogP contribution is 2.21. The number of nitrogens with one attached hydrogen (secondary N) is 1. The zero-order chi connectivity index (χ0) is 20.6. The van der Waals surface area contributed by atoms with Crippen LogP contribution in [0.4, 0.5) is 0 Å². The Labute approximate surface area is 174 Å². The van der Waals surface area contributed by atoms with Crippen molar-refractivity contribution in [3.8, 4) is 5.75 Å². The Bertz CT molecular complexity index is 671. The highest BCUT2D eigenvalue weighted by molar-refractivity contribution is 5.89. The quantitative estimate of drug-likeness (QED) is 0.629. The zero-order valence-electron chi connectivity index (χ0n) is 17.7. The molecule has 2 heterocycles. The lowest BCUT2D eigenvalue weighted by Gasteiger charge is -2.34. The summed E-state index contributed by atoms with van der Waals surface area (Å²) in [6.45, 7) is 10.6. The van der Waals surface area contributed by atoms with E-state index in [1.807, 2.05) is 24.3 Å². The van der Waals surface area contributed by atoms with Gasteiger partial charge < -0.3 is 24.8 Å². The number of likely N-dealkylation sites (tertiary alicyclic amines) is 1. The first kappa shape index (κ1) is 21.6. The molecule has 2 saturated heterocycles. The molecule has 1 unspecified atom stereocenters. The molecule has 160 valence electrons. The van der Waals surface area contributed by atoms with Crippen molar-refractivity contribution in [2.45, 2.75) is 26.3 Å². The van der Waals surface area contributed by atoms with Gasteiger partial charge in [0.2, 0.25) is 11.8 Å². The third kappa shape index (κ3) is 6.18. The van der Waals surface area contributed by atoms with Gasteiger partial charge in [0, 0.05) is 52.2 Å². The number of amides is 2. The second-order valence-corrected chi connectivity index (χ2v) is 7.94. The first-order valence-electron chi connectivity index (χ1n) is 10.7. The molecule has 0 bridgehead atoms. The molecule has 29 heavy (non-hydrogen) atoms. The van der Waals surface area contributed by atoms with Gasteiger partial charge >= 0.3 is 0 Å². The molecule has 1 aromatic carbocycles. The first-order valence-corrected chi connectivity index (χ1v) is 10.7. The number of hydrogen-bond donors (Lipinski definition) is 1. The van der Waals surface area contributed by atoms with Crippen LogP contribution in [0, 0.1) is 5.92 Å². The van der Waals surface area contributed by atoms with E-state index in [2.05, 4.69) is 22.0 Å². The fourth-order valence-corrected chi connectivity index (χ4v) is 4.04. The normalized spacial score (nSPS) is 20.8. The number of carbonyl (C=O) groups excluding carboxylic acids is 2. The molecule has 2 amide bonds. The fourth-order valence-electron chi connectivity index (χ4n) is 4.04. The molecule has 7 nitrogen and oxygen atoms in total. The minimum absolute atomic E-state index is 0.00591. The largest absolute Gasteiger partial charge is 0.497 e. The summed E-state index contributed by atoms with van der Waals surface area (Å²) in [4.78, 5) is 31.5. The molecule has 0 saturated carbocycles. The van der Waals surface area contributed by atoms with Crippen molar-refractivity contribution in [1.29, 1.82) is 0 Å². The molecule has 3 rings (SSSR count). The van der Waals surface area contributed by atoms with Crippen molar-refractivity contribution < 1.29 is 14.3 Å². The Balaban J connectivity index is 1.35. The minimum Gasteiger partial charge on any atom is -0.497 e. The third-order valence-electron chi connectivity index (χ3n) is 5.98. The maximum atomic E-state index is 12.5. The van der Waals surface area contributed by atoms with Crippen molar-refractivity contribution in [3.63, 3.8) is 0 Å². The van der Waals surface area contributed by atoms with E-state index in [-0.39, 0.29) is 17.7 Å². The number of likely N-dealkylation sites (N-methyl/N-ethyl adjacent to an activating group) is 1. The van der Waals surface area contributed by atoms with Crippen molar-refractivity contribution in [2.75, 3.05) is 59.5 Å². The summed E-state index contributed by atoms with van der Waals surface area (Å²) in [7, 11) is 1.63. The van der Waals surface area contributed by atoms with E-state index in [0.717, 1.165) is 57.0 Å². The zero-order valence-corrected chi connectivity index (χ0v) is 17.7. The van der Waals surface area contributed by atoms with E-state index in [9.17, 15) is 9.59 Å². The number of rotatable bonds is 9. The summed E-state index contributed by atoms with van der Waals surface area (Å²) in [6, 6.07) is 7.70. The van der Waals surface area contributed by atoms with Crippen molar-refractivity contribution in [3.05, 3.63) is 29.8 Å². The molecule has 2 fully saturated rings. The summed E-state index contributed by atoms with van der Waals surface area (Å²) in [5.74, 6) is 0.612. The van der Waals surface area contributed by atoms with Gasteiger partial charge in [-0.1, -0.05) is 19.1 Å². The fraction of sp³-hybridized carbons (Fsp3) is 0.636. The van der Waals surface area contributed by atoms with E-state index in [1.165, 1.54) is 0 Å². The lowest BCUT2D eigenvalue weighted by Crippen LogP contribution is -2.46. The van der Waals surface area contributed by atoms with Gasteiger partial charge in [0.1, 0.15) is 5.75 Å². The van der Waals surface area contributed by atoms with E-state index in [1.54, 1.807) is 12.0 Å². The Morgan fingerprint density at radius 3 is 2.48 bits per heavy atom. The van der Waals surface area contributed by atoms with Crippen LogP contribution in [-0.4, -0.2) is 86.0 Å². The van der Waals surface area contributed by atoms with Gasteiger partial charge in [0.05, 0.1) is 13.0 Å². The number of hydrogen-bond acceptors (Lipinski definition) is 5. The van der Waals surface area contributed by atoms with Gasteiger partial charge in [-0.2, -0.15) is 0 Å². The predicted octanol–water partition coefficient (Wildman–Crippen LogP) is 1.19. The lowest BCUT2D eigenvalue weighted by molar-refractivity contribution is -0.129. The SMILES string of the molecule is CCN1CCN(CCCNC(=O)C2CC(=O)N(Cc3ccc(OC)cc3)C2)CC1. The van der Waals surface area contributed by atoms with Crippen LogP contribution in [0.3, 0.4) is 0 Å². The Kier molecular flexibility index (Phi) is 7.89. The van der Waals surface area contributed by atoms with Crippen molar-refractivity contribution >= 4 is 11.8 Å². The molecule has 7 heteroatoms. The standard InChI is InChI=1S/C22H34N4O3/c1-3-24-11-13-25(14-12-24)10-4-9-23-22(28)19-15-21(27)26(17-19)16-18-5-7-20(29-2)8-6-18/h5-8,19H,3-4,9-17H2,1-2H3,(H,23,28). The Hall–Kier alpha value is -2.12. The molecule has 0 aliphatic carbocycles. The van der Waals surface area contributed by atoms with Crippen LogP contribution in [0.15, 0.2) is 24.3 Å². The van der Waals surface area contributed by atoms with E-state index < -0.39 is 0 Å². The van der Waals surface area contributed by atoms with Gasteiger partial charge in [-0.05, 0) is 37.2 Å². The van der Waals surface area contributed by atoms with Crippen molar-refractivity contribution in [2.24, 2.45) is 5.92 Å². The number of methoxy groups -OCH3 is 1. The molecule has 0 spiro atoms. The Morgan fingerprint density at radius 1 is 1.14 bits per heavy atom. The molecule has 2 aliphatic heterocycles. The van der Waals surface area contributed by atoms with Crippen LogP contribution in [0.25, 0.3) is 0 Å². The molecule has 0 aromatic heterocycles. The highest BCUT2D eigenvalue weighted by Gasteiger charge is 2.34. The molecule has 1 atom stereocenters. The van der Waals surface area contributed by atoms with E-state index in [0.29, 0.717) is 26.1 Å². The second-order valence-electron chi connectivity index (χ2n) is 7.94. The average Bonchev–Trinajstić information content (AvgIpc) is 3.12. The van der Waals surface area contributed by atoms with Gasteiger partial charge in [-0.15, -0.1) is 0 Å². The molecular formula is C22H34N4O3. The Morgan fingerprint density at radius 2 is 1.83 bits per heavy atom. The van der Waals surface area contributed by atoms with Crippen LogP contribution in [0.5, 0.6) is 5.75 Å². The number of piperazine rings is 1. The molecular weight excluding hydrogens is 368 g/mol. The summed E-state index contributed by atoms with van der Waals surface area (Å²) < 4.78 is 5.17. The molecule has 2 aliphatic rings. The van der Waals surface area contributed by atoms with E-state index >= 15 is 0 Å². The van der Waals surface area contributed by atoms with Crippen molar-refractivity contribution in [1.82, 2.24) is 20.0 Å². The van der Waals surface area contributed by atoms with Crippen LogP contribution in [-0.2, 0) is 16.1 Å². The number of benzene rings is 1. The monoisotopic (exact) mass is 402 g/mol. The maximum absolute atomic E-state index is 12.5. The van der Waals surface area contributed by atoms with Gasteiger partial charge in [0.15, 0.2) is 0 Å². The third-order valence-corrected chi connectivity index (χ3v) is 5.98. The highest BCUT2D eigenvalue weighted by atomic mass is 16.5. The lowest BCUT2D eigenvalue weighted by atomic mass is 10.1. The smallest absolute Gasteiger partial charge is 0.225 e. The predicted molar refractivity (Wildman–Crippen MR) is 113 cm³/mol.